The third-order valence-corrected chi connectivity index (χ3v) is 7.19. The van der Waals surface area contributed by atoms with E-state index in [9.17, 15) is 14.0 Å². The number of hydrogen-bond acceptors (Lipinski definition) is 4. The van der Waals surface area contributed by atoms with Gasteiger partial charge >= 0.3 is 0 Å². The van der Waals surface area contributed by atoms with Crippen LogP contribution in [0.1, 0.15) is 48.9 Å². The number of rotatable bonds is 5. The molecule has 3 aliphatic rings. The zero-order valence-electron chi connectivity index (χ0n) is 18.9. The summed E-state index contributed by atoms with van der Waals surface area (Å²) in [4.78, 5) is 34.8. The number of aromatic nitrogens is 1. The second-order valence-electron chi connectivity index (χ2n) is 9.57. The van der Waals surface area contributed by atoms with Gasteiger partial charge < -0.3 is 10.2 Å². The van der Waals surface area contributed by atoms with Gasteiger partial charge in [-0.15, -0.1) is 0 Å². The monoisotopic (exact) mass is 450 g/mol. The van der Waals surface area contributed by atoms with Gasteiger partial charge in [-0.3, -0.25) is 19.5 Å². The number of piperazine rings is 1. The van der Waals surface area contributed by atoms with Crippen LogP contribution in [0.3, 0.4) is 0 Å². The first-order valence-electron chi connectivity index (χ1n) is 12.1. The summed E-state index contributed by atoms with van der Waals surface area (Å²) in [6, 6.07) is 10.4. The molecule has 0 bridgehead atoms. The van der Waals surface area contributed by atoms with Crippen LogP contribution in [0.5, 0.6) is 0 Å². The van der Waals surface area contributed by atoms with Crippen molar-refractivity contribution in [2.75, 3.05) is 26.2 Å². The van der Waals surface area contributed by atoms with Gasteiger partial charge in [0.2, 0.25) is 5.91 Å². The first kappa shape index (κ1) is 22.0. The minimum absolute atomic E-state index is 0.00384. The molecule has 7 heteroatoms. The van der Waals surface area contributed by atoms with Gasteiger partial charge in [0.1, 0.15) is 5.82 Å². The number of pyridine rings is 1. The standard InChI is InChI=1S/C26H31FN4O2/c27-21-5-1-3-18(15-21)24-10-7-20(17-28-24)25(32)29-22-6-2-4-19(16-22)26(33)31-13-11-30(12-14-31)23-8-9-23/h1,3,5,7,10,15,17,19,22-23H,2,4,6,8-9,11-14,16H2,(H,29,32)/t19-,22+/m0/s1. The first-order chi connectivity index (χ1) is 16.1. The fourth-order valence-corrected chi connectivity index (χ4v) is 5.17. The lowest BCUT2D eigenvalue weighted by molar-refractivity contribution is -0.138. The van der Waals surface area contributed by atoms with Crippen molar-refractivity contribution in [3.05, 3.63) is 54.0 Å². The zero-order chi connectivity index (χ0) is 22.8. The molecule has 2 heterocycles. The Morgan fingerprint density at radius 3 is 2.52 bits per heavy atom. The first-order valence-corrected chi connectivity index (χ1v) is 12.1. The molecule has 1 aromatic carbocycles. The third-order valence-electron chi connectivity index (χ3n) is 7.19. The summed E-state index contributed by atoms with van der Waals surface area (Å²) in [6.45, 7) is 3.63. The molecule has 0 unspecified atom stereocenters. The molecule has 3 fully saturated rings. The highest BCUT2D eigenvalue weighted by Gasteiger charge is 2.35. The Balaban J connectivity index is 1.15. The molecule has 1 saturated heterocycles. The number of nitrogens with zero attached hydrogens (tertiary/aromatic N) is 3. The van der Waals surface area contributed by atoms with Crippen LogP contribution in [-0.2, 0) is 4.79 Å². The molecule has 0 spiro atoms. The molecule has 2 amide bonds. The van der Waals surface area contributed by atoms with Crippen LogP contribution in [-0.4, -0.2) is 64.9 Å². The van der Waals surface area contributed by atoms with Crippen molar-refractivity contribution in [1.29, 1.82) is 0 Å². The molecule has 1 aromatic heterocycles. The van der Waals surface area contributed by atoms with Crippen LogP contribution in [0.25, 0.3) is 11.3 Å². The van der Waals surface area contributed by atoms with Crippen LogP contribution in [0.4, 0.5) is 4.39 Å². The Morgan fingerprint density at radius 1 is 1.00 bits per heavy atom. The quantitative estimate of drug-likeness (QED) is 0.758. The summed E-state index contributed by atoms with van der Waals surface area (Å²) in [5.41, 5.74) is 1.77. The predicted molar refractivity (Wildman–Crippen MR) is 124 cm³/mol. The number of amides is 2. The summed E-state index contributed by atoms with van der Waals surface area (Å²) in [7, 11) is 0. The molecule has 1 N–H and O–H groups in total. The second-order valence-corrected chi connectivity index (χ2v) is 9.57. The van der Waals surface area contributed by atoms with Crippen molar-refractivity contribution in [3.8, 4) is 11.3 Å². The highest BCUT2D eigenvalue weighted by Crippen LogP contribution is 2.30. The molecule has 2 aliphatic carbocycles. The van der Waals surface area contributed by atoms with Gasteiger partial charge in [-0.1, -0.05) is 18.6 Å². The van der Waals surface area contributed by atoms with E-state index in [1.165, 1.54) is 31.2 Å². The Kier molecular flexibility index (Phi) is 6.40. The number of nitrogens with one attached hydrogen (secondary N) is 1. The summed E-state index contributed by atoms with van der Waals surface area (Å²) >= 11 is 0. The van der Waals surface area contributed by atoms with E-state index >= 15 is 0 Å². The van der Waals surface area contributed by atoms with Crippen molar-refractivity contribution in [1.82, 2.24) is 20.1 Å². The smallest absolute Gasteiger partial charge is 0.253 e. The molecule has 2 atom stereocenters. The van der Waals surface area contributed by atoms with Crippen molar-refractivity contribution in [3.63, 3.8) is 0 Å². The SMILES string of the molecule is O=C(N[C@@H]1CCC[C@H](C(=O)N2CCN(C3CC3)CC2)C1)c1ccc(-c2cccc(F)c2)nc1. The van der Waals surface area contributed by atoms with Crippen LogP contribution >= 0.6 is 0 Å². The lowest BCUT2D eigenvalue weighted by Crippen LogP contribution is -2.52. The van der Waals surface area contributed by atoms with Crippen LogP contribution in [0.15, 0.2) is 42.6 Å². The summed E-state index contributed by atoms with van der Waals surface area (Å²) in [6.07, 6.45) is 7.57. The molecule has 33 heavy (non-hydrogen) atoms. The Morgan fingerprint density at radius 2 is 1.82 bits per heavy atom. The summed E-state index contributed by atoms with van der Waals surface area (Å²) in [5.74, 6) is -0.248. The molecular formula is C26H31FN4O2. The fraction of sp³-hybridized carbons (Fsp3) is 0.500. The van der Waals surface area contributed by atoms with E-state index in [2.05, 4.69) is 15.2 Å². The predicted octanol–water partition coefficient (Wildman–Crippen LogP) is 3.48. The Hall–Kier alpha value is -2.80. The highest BCUT2D eigenvalue weighted by atomic mass is 19.1. The molecule has 2 saturated carbocycles. The molecule has 1 aliphatic heterocycles. The average Bonchev–Trinajstić information content (AvgIpc) is 3.70. The van der Waals surface area contributed by atoms with E-state index in [1.54, 1.807) is 24.3 Å². The lowest BCUT2D eigenvalue weighted by atomic mass is 9.84. The summed E-state index contributed by atoms with van der Waals surface area (Å²) < 4.78 is 13.5. The maximum absolute atomic E-state index is 13.5. The van der Waals surface area contributed by atoms with E-state index < -0.39 is 0 Å². The normalized spacial score (nSPS) is 23.8. The minimum atomic E-state index is -0.317. The average molecular weight is 451 g/mol. The molecular weight excluding hydrogens is 419 g/mol. The Bertz CT molecular complexity index is 1000. The van der Waals surface area contributed by atoms with Gasteiger partial charge in [0.25, 0.3) is 5.91 Å². The number of carbonyl (C=O) groups is 2. The Labute approximate surface area is 194 Å². The number of hydrogen-bond donors (Lipinski definition) is 1. The van der Waals surface area contributed by atoms with Crippen LogP contribution in [0.2, 0.25) is 0 Å². The van der Waals surface area contributed by atoms with Gasteiger partial charge in [0.15, 0.2) is 0 Å². The van der Waals surface area contributed by atoms with Crippen LogP contribution in [0, 0.1) is 11.7 Å². The topological polar surface area (TPSA) is 65.5 Å². The van der Waals surface area contributed by atoms with E-state index in [0.717, 1.165) is 51.5 Å². The summed E-state index contributed by atoms with van der Waals surface area (Å²) in [5, 5.41) is 3.10. The molecule has 0 radical (unpaired) electrons. The molecule has 6 nitrogen and oxygen atoms in total. The van der Waals surface area contributed by atoms with Crippen molar-refractivity contribution < 1.29 is 14.0 Å². The maximum atomic E-state index is 13.5. The zero-order valence-corrected chi connectivity index (χ0v) is 18.9. The number of benzene rings is 1. The van der Waals surface area contributed by atoms with Crippen LogP contribution < -0.4 is 5.32 Å². The van der Waals surface area contributed by atoms with Gasteiger partial charge in [-0.05, 0) is 56.4 Å². The maximum Gasteiger partial charge on any atom is 0.253 e. The highest BCUT2D eigenvalue weighted by molar-refractivity contribution is 5.94. The van der Waals surface area contributed by atoms with E-state index in [1.807, 2.05) is 4.90 Å². The fourth-order valence-electron chi connectivity index (χ4n) is 5.17. The van der Waals surface area contributed by atoms with Gasteiger partial charge in [-0.2, -0.15) is 0 Å². The van der Waals surface area contributed by atoms with E-state index in [-0.39, 0.29) is 29.6 Å². The van der Waals surface area contributed by atoms with E-state index in [4.69, 9.17) is 0 Å². The minimum Gasteiger partial charge on any atom is -0.349 e. The van der Waals surface area contributed by atoms with Crippen molar-refractivity contribution in [2.45, 2.75) is 50.6 Å². The van der Waals surface area contributed by atoms with Gasteiger partial charge in [0, 0.05) is 55.9 Å². The molecule has 5 rings (SSSR count). The van der Waals surface area contributed by atoms with Crippen molar-refractivity contribution in [2.24, 2.45) is 5.92 Å². The largest absolute Gasteiger partial charge is 0.349 e. The number of halogens is 1. The lowest BCUT2D eigenvalue weighted by Gasteiger charge is -2.38. The van der Waals surface area contributed by atoms with Crippen molar-refractivity contribution >= 4 is 11.8 Å². The molecule has 174 valence electrons. The second kappa shape index (κ2) is 9.59. The van der Waals surface area contributed by atoms with E-state index in [0.29, 0.717) is 23.2 Å². The third kappa shape index (κ3) is 5.24. The van der Waals surface area contributed by atoms with Gasteiger partial charge in [0.05, 0.1) is 11.3 Å². The molecule has 2 aromatic rings. The van der Waals surface area contributed by atoms with Gasteiger partial charge in [-0.25, -0.2) is 4.39 Å². The number of carbonyl (C=O) groups excluding carboxylic acids is 2.